The van der Waals surface area contributed by atoms with Gasteiger partial charge >= 0.3 is 5.97 Å². The summed E-state index contributed by atoms with van der Waals surface area (Å²) in [5.74, 6) is -1.75. The summed E-state index contributed by atoms with van der Waals surface area (Å²) in [6.45, 7) is 5.99. The highest BCUT2D eigenvalue weighted by atomic mass is 16.4. The van der Waals surface area contributed by atoms with Gasteiger partial charge in [-0.1, -0.05) is 13.3 Å². The smallest absolute Gasteiger partial charge is 0.308 e. The quantitative estimate of drug-likeness (QED) is 0.787. The Morgan fingerprint density at radius 1 is 1.47 bits per heavy atom. The Kier molecular flexibility index (Phi) is 5.54. The molecule has 0 radical (unpaired) electrons. The number of nitrogens with zero attached hydrogens (tertiary/aromatic N) is 2. The van der Waals surface area contributed by atoms with Crippen LogP contribution >= 0.6 is 0 Å². The average Bonchev–Trinajstić information content (AvgIpc) is 2.83. The zero-order valence-corrected chi connectivity index (χ0v) is 11.6. The normalized spacial score (nSPS) is 12.4. The van der Waals surface area contributed by atoms with Gasteiger partial charge in [0.25, 0.3) is 5.91 Å². The minimum Gasteiger partial charge on any atom is -0.481 e. The Morgan fingerprint density at radius 3 is 2.63 bits per heavy atom. The molecule has 1 heterocycles. The summed E-state index contributed by atoms with van der Waals surface area (Å²) in [6, 6.07) is 1.82. The van der Waals surface area contributed by atoms with Crippen LogP contribution in [0.15, 0.2) is 12.3 Å². The molecular formula is C13H21N3O3. The van der Waals surface area contributed by atoms with Crippen LogP contribution in [0, 0.1) is 5.92 Å². The number of carbonyl (C=O) groups excluding carboxylic acids is 1. The second-order valence-corrected chi connectivity index (χ2v) is 4.81. The Labute approximate surface area is 112 Å². The third-order valence-electron chi connectivity index (χ3n) is 2.87. The zero-order valence-electron chi connectivity index (χ0n) is 11.6. The molecule has 0 fully saturated rings. The second kappa shape index (κ2) is 6.92. The van der Waals surface area contributed by atoms with E-state index in [4.69, 9.17) is 5.11 Å². The number of nitrogens with one attached hydrogen (secondary N) is 1. The van der Waals surface area contributed by atoms with E-state index in [9.17, 15) is 9.59 Å². The molecule has 1 unspecified atom stereocenters. The fraction of sp³-hybridized carbons (Fsp3) is 0.615. The van der Waals surface area contributed by atoms with Gasteiger partial charge in [-0.15, -0.1) is 0 Å². The van der Waals surface area contributed by atoms with Crippen LogP contribution in [-0.4, -0.2) is 33.3 Å². The maximum absolute atomic E-state index is 11.8. The molecule has 1 amide bonds. The fourth-order valence-corrected chi connectivity index (χ4v) is 1.71. The number of carboxylic acids is 1. The van der Waals surface area contributed by atoms with Crippen LogP contribution in [0.2, 0.25) is 0 Å². The number of carbonyl (C=O) groups is 2. The van der Waals surface area contributed by atoms with Gasteiger partial charge in [-0.2, -0.15) is 5.10 Å². The third-order valence-corrected chi connectivity index (χ3v) is 2.87. The topological polar surface area (TPSA) is 84.2 Å². The van der Waals surface area contributed by atoms with E-state index < -0.39 is 11.9 Å². The molecule has 0 spiro atoms. The molecule has 1 aromatic rings. The summed E-state index contributed by atoms with van der Waals surface area (Å²) in [6.07, 6.45) is 3.06. The molecule has 0 aliphatic carbocycles. The van der Waals surface area contributed by atoms with Crippen LogP contribution in [0.1, 0.15) is 50.1 Å². The maximum Gasteiger partial charge on any atom is 0.308 e. The molecule has 1 aromatic heterocycles. The standard InChI is InChI=1S/C13H21N3O3/c1-4-5-10(13(18)19)8-14-12(17)11-6-7-16(15-11)9(2)3/h6-7,9-10H,4-5,8H2,1-3H3,(H,14,17)(H,18,19). The van der Waals surface area contributed by atoms with E-state index in [1.807, 2.05) is 20.8 Å². The SMILES string of the molecule is CCCC(CNC(=O)c1ccn(C(C)C)n1)C(=O)O. The van der Waals surface area contributed by atoms with Crippen molar-refractivity contribution >= 4 is 11.9 Å². The summed E-state index contributed by atoms with van der Waals surface area (Å²) < 4.78 is 1.69. The number of hydrogen-bond donors (Lipinski definition) is 2. The molecule has 0 saturated heterocycles. The van der Waals surface area contributed by atoms with Crippen molar-refractivity contribution in [1.29, 1.82) is 0 Å². The lowest BCUT2D eigenvalue weighted by molar-refractivity contribution is -0.141. The monoisotopic (exact) mass is 267 g/mol. The minimum atomic E-state index is -0.880. The summed E-state index contributed by atoms with van der Waals surface area (Å²) in [4.78, 5) is 22.8. The Morgan fingerprint density at radius 2 is 2.16 bits per heavy atom. The maximum atomic E-state index is 11.8. The Bertz CT molecular complexity index is 440. The summed E-state index contributed by atoms with van der Waals surface area (Å²) >= 11 is 0. The van der Waals surface area contributed by atoms with Crippen molar-refractivity contribution in [1.82, 2.24) is 15.1 Å². The lowest BCUT2D eigenvalue weighted by Gasteiger charge is -2.11. The van der Waals surface area contributed by atoms with E-state index in [1.54, 1.807) is 16.9 Å². The van der Waals surface area contributed by atoms with E-state index in [0.717, 1.165) is 6.42 Å². The predicted molar refractivity (Wildman–Crippen MR) is 71.0 cm³/mol. The number of aliphatic carboxylic acids is 1. The van der Waals surface area contributed by atoms with Crippen molar-refractivity contribution in [2.24, 2.45) is 5.92 Å². The highest BCUT2D eigenvalue weighted by Crippen LogP contribution is 2.07. The molecule has 0 bridgehead atoms. The predicted octanol–water partition coefficient (Wildman–Crippen LogP) is 1.69. The van der Waals surface area contributed by atoms with Gasteiger partial charge in [0.1, 0.15) is 5.69 Å². The minimum absolute atomic E-state index is 0.135. The van der Waals surface area contributed by atoms with Crippen LogP contribution in [0.25, 0.3) is 0 Å². The summed E-state index contributed by atoms with van der Waals surface area (Å²) in [5.41, 5.74) is 0.314. The van der Waals surface area contributed by atoms with Crippen molar-refractivity contribution in [2.75, 3.05) is 6.54 Å². The van der Waals surface area contributed by atoms with E-state index >= 15 is 0 Å². The highest BCUT2D eigenvalue weighted by Gasteiger charge is 2.18. The van der Waals surface area contributed by atoms with Crippen LogP contribution in [0.3, 0.4) is 0 Å². The third kappa shape index (κ3) is 4.39. The van der Waals surface area contributed by atoms with Crippen LogP contribution < -0.4 is 5.32 Å². The molecule has 1 rings (SSSR count). The molecular weight excluding hydrogens is 246 g/mol. The van der Waals surface area contributed by atoms with Crippen LogP contribution in [0.4, 0.5) is 0 Å². The molecule has 1 atom stereocenters. The van der Waals surface area contributed by atoms with Gasteiger partial charge in [0.2, 0.25) is 0 Å². The first kappa shape index (κ1) is 15.2. The van der Waals surface area contributed by atoms with Crippen LogP contribution in [-0.2, 0) is 4.79 Å². The van der Waals surface area contributed by atoms with E-state index in [-0.39, 0.29) is 18.5 Å². The fourth-order valence-electron chi connectivity index (χ4n) is 1.71. The first-order valence-electron chi connectivity index (χ1n) is 6.51. The van der Waals surface area contributed by atoms with Gasteiger partial charge in [0.05, 0.1) is 5.92 Å². The van der Waals surface area contributed by atoms with Gasteiger partial charge < -0.3 is 10.4 Å². The molecule has 0 aliphatic rings. The van der Waals surface area contributed by atoms with Crippen LogP contribution in [0.5, 0.6) is 0 Å². The molecule has 6 heteroatoms. The van der Waals surface area contributed by atoms with Gasteiger partial charge in [-0.3, -0.25) is 14.3 Å². The van der Waals surface area contributed by atoms with Crippen molar-refractivity contribution in [2.45, 2.75) is 39.7 Å². The number of aromatic nitrogens is 2. The van der Waals surface area contributed by atoms with Gasteiger partial charge in [-0.05, 0) is 26.3 Å². The number of hydrogen-bond acceptors (Lipinski definition) is 3. The first-order valence-corrected chi connectivity index (χ1v) is 6.51. The zero-order chi connectivity index (χ0) is 14.4. The Balaban J connectivity index is 2.56. The molecule has 0 aliphatic heterocycles. The Hall–Kier alpha value is -1.85. The molecule has 2 N–H and O–H groups in total. The highest BCUT2D eigenvalue weighted by molar-refractivity contribution is 5.92. The van der Waals surface area contributed by atoms with E-state index in [0.29, 0.717) is 12.1 Å². The second-order valence-electron chi connectivity index (χ2n) is 4.81. The molecule has 0 saturated carbocycles. The lowest BCUT2D eigenvalue weighted by atomic mass is 10.0. The van der Waals surface area contributed by atoms with Crippen molar-refractivity contribution in [3.8, 4) is 0 Å². The largest absolute Gasteiger partial charge is 0.481 e. The van der Waals surface area contributed by atoms with Gasteiger partial charge in [-0.25, -0.2) is 0 Å². The number of rotatable bonds is 7. The number of amides is 1. The average molecular weight is 267 g/mol. The first-order chi connectivity index (χ1) is 8.95. The molecule has 106 valence electrons. The lowest BCUT2D eigenvalue weighted by Crippen LogP contribution is -2.33. The van der Waals surface area contributed by atoms with Crippen molar-refractivity contribution in [3.05, 3.63) is 18.0 Å². The van der Waals surface area contributed by atoms with E-state index in [1.165, 1.54) is 0 Å². The number of carboxylic acid groups (broad SMARTS) is 1. The van der Waals surface area contributed by atoms with E-state index in [2.05, 4.69) is 10.4 Å². The molecule has 19 heavy (non-hydrogen) atoms. The van der Waals surface area contributed by atoms with Crippen molar-refractivity contribution in [3.63, 3.8) is 0 Å². The molecule has 6 nitrogen and oxygen atoms in total. The molecule has 0 aromatic carbocycles. The van der Waals surface area contributed by atoms with Crippen molar-refractivity contribution < 1.29 is 14.7 Å². The summed E-state index contributed by atoms with van der Waals surface area (Å²) in [5, 5.41) is 15.8. The summed E-state index contributed by atoms with van der Waals surface area (Å²) in [7, 11) is 0. The van der Waals surface area contributed by atoms with Gasteiger partial charge in [0, 0.05) is 18.8 Å². The van der Waals surface area contributed by atoms with Gasteiger partial charge in [0.15, 0.2) is 0 Å².